The van der Waals surface area contributed by atoms with Gasteiger partial charge in [0.05, 0.1) is 6.04 Å². The van der Waals surface area contributed by atoms with E-state index in [9.17, 15) is 0 Å². The summed E-state index contributed by atoms with van der Waals surface area (Å²) in [7, 11) is 0. The highest BCUT2D eigenvalue weighted by Crippen LogP contribution is 2.38. The number of fused-ring (bicyclic) bond motifs is 1. The van der Waals surface area contributed by atoms with Crippen molar-refractivity contribution in [3.05, 3.63) is 56.8 Å². The molecule has 1 atom stereocenters. The lowest BCUT2D eigenvalue weighted by Crippen LogP contribution is -2.29. The van der Waals surface area contributed by atoms with Gasteiger partial charge in [0, 0.05) is 16.3 Å². The number of benzene rings is 1. The Labute approximate surface area is 113 Å². The summed E-state index contributed by atoms with van der Waals surface area (Å²) in [6.45, 7) is 5.63. The lowest BCUT2D eigenvalue weighted by atomic mass is 9.93. The number of aryl methyl sites for hydroxylation is 1. The largest absolute Gasteiger partial charge is 0.305 e. The van der Waals surface area contributed by atoms with Gasteiger partial charge in [-0.3, -0.25) is 0 Å². The zero-order valence-corrected chi connectivity index (χ0v) is 11.8. The van der Waals surface area contributed by atoms with Gasteiger partial charge in [0.1, 0.15) is 0 Å². The van der Waals surface area contributed by atoms with Crippen LogP contribution < -0.4 is 5.32 Å². The molecule has 1 nitrogen and oxygen atoms in total. The first kappa shape index (κ1) is 11.9. The molecule has 2 heteroatoms. The third-order valence-corrected chi connectivity index (χ3v) is 5.08. The molecule has 1 aliphatic heterocycles. The van der Waals surface area contributed by atoms with Crippen LogP contribution in [0.15, 0.2) is 30.3 Å². The van der Waals surface area contributed by atoms with Crippen molar-refractivity contribution in [2.24, 2.45) is 0 Å². The van der Waals surface area contributed by atoms with Crippen LogP contribution in [0.1, 0.15) is 39.4 Å². The molecule has 0 spiro atoms. The van der Waals surface area contributed by atoms with E-state index in [1.54, 1.807) is 16.0 Å². The molecule has 1 aromatic carbocycles. The van der Waals surface area contributed by atoms with Crippen molar-refractivity contribution in [2.75, 3.05) is 6.54 Å². The predicted molar refractivity (Wildman–Crippen MR) is 78.4 cm³/mol. The molecule has 0 saturated carbocycles. The molecule has 0 radical (unpaired) electrons. The van der Waals surface area contributed by atoms with Crippen molar-refractivity contribution in [1.29, 1.82) is 0 Å². The lowest BCUT2D eigenvalue weighted by molar-refractivity contribution is 0.576. The van der Waals surface area contributed by atoms with Crippen LogP contribution in [0, 0.1) is 6.92 Å². The maximum atomic E-state index is 3.67. The van der Waals surface area contributed by atoms with Crippen LogP contribution in [-0.2, 0) is 12.8 Å². The number of hydrogen-bond donors (Lipinski definition) is 1. The first-order chi connectivity index (χ1) is 8.81. The number of thiophene rings is 1. The van der Waals surface area contributed by atoms with Crippen LogP contribution in [0.3, 0.4) is 0 Å². The molecule has 1 aromatic heterocycles. The lowest BCUT2D eigenvalue weighted by Gasteiger charge is -2.25. The van der Waals surface area contributed by atoms with Crippen molar-refractivity contribution in [1.82, 2.24) is 5.32 Å². The van der Waals surface area contributed by atoms with E-state index in [1.165, 1.54) is 23.3 Å². The standard InChI is InChI=1S/C16H19NS/c1-3-13-11(2)18-16-14(13)9-10-17-15(16)12-7-5-4-6-8-12/h4-8,15,17H,3,9-10H2,1-2H3. The molecule has 94 valence electrons. The highest BCUT2D eigenvalue weighted by molar-refractivity contribution is 7.12. The van der Waals surface area contributed by atoms with E-state index in [0.29, 0.717) is 6.04 Å². The van der Waals surface area contributed by atoms with E-state index in [4.69, 9.17) is 0 Å². The monoisotopic (exact) mass is 257 g/mol. The Morgan fingerprint density at radius 2 is 2.06 bits per heavy atom. The molecule has 2 aromatic rings. The summed E-state index contributed by atoms with van der Waals surface area (Å²) in [5, 5.41) is 3.67. The van der Waals surface area contributed by atoms with E-state index in [1.807, 2.05) is 11.3 Å². The number of hydrogen-bond acceptors (Lipinski definition) is 2. The fraction of sp³-hybridized carbons (Fsp3) is 0.375. The normalized spacial score (nSPS) is 18.7. The first-order valence-electron chi connectivity index (χ1n) is 6.70. The fourth-order valence-corrected chi connectivity index (χ4v) is 4.37. The summed E-state index contributed by atoms with van der Waals surface area (Å²) in [5.74, 6) is 0. The van der Waals surface area contributed by atoms with Crippen molar-refractivity contribution in [3.63, 3.8) is 0 Å². The zero-order chi connectivity index (χ0) is 12.5. The van der Waals surface area contributed by atoms with Crippen molar-refractivity contribution >= 4 is 11.3 Å². The Morgan fingerprint density at radius 1 is 1.28 bits per heavy atom. The second-order valence-electron chi connectivity index (χ2n) is 4.88. The second kappa shape index (κ2) is 4.87. The Bertz CT molecular complexity index is 542. The minimum atomic E-state index is 0.402. The maximum absolute atomic E-state index is 3.67. The molecular weight excluding hydrogens is 238 g/mol. The van der Waals surface area contributed by atoms with Gasteiger partial charge < -0.3 is 5.32 Å². The van der Waals surface area contributed by atoms with E-state index in [0.717, 1.165) is 6.54 Å². The molecule has 1 unspecified atom stereocenters. The third kappa shape index (κ3) is 1.90. The van der Waals surface area contributed by atoms with Gasteiger partial charge in [-0.2, -0.15) is 0 Å². The van der Waals surface area contributed by atoms with Gasteiger partial charge in [0.25, 0.3) is 0 Å². The molecule has 1 aliphatic rings. The molecular formula is C16H19NS. The van der Waals surface area contributed by atoms with Crippen LogP contribution in [0.4, 0.5) is 0 Å². The Hall–Kier alpha value is -1.12. The van der Waals surface area contributed by atoms with Gasteiger partial charge in [0.15, 0.2) is 0 Å². The first-order valence-corrected chi connectivity index (χ1v) is 7.52. The summed E-state index contributed by atoms with van der Waals surface area (Å²) in [6.07, 6.45) is 2.35. The molecule has 0 saturated heterocycles. The summed E-state index contributed by atoms with van der Waals surface area (Å²) in [4.78, 5) is 3.05. The molecule has 3 rings (SSSR count). The minimum Gasteiger partial charge on any atom is -0.305 e. The smallest absolute Gasteiger partial charge is 0.0674 e. The number of rotatable bonds is 2. The van der Waals surface area contributed by atoms with Gasteiger partial charge in [-0.25, -0.2) is 0 Å². The van der Waals surface area contributed by atoms with Crippen molar-refractivity contribution in [2.45, 2.75) is 32.7 Å². The Balaban J connectivity index is 2.08. The van der Waals surface area contributed by atoms with Gasteiger partial charge in [0.2, 0.25) is 0 Å². The summed E-state index contributed by atoms with van der Waals surface area (Å²) in [5.41, 5.74) is 4.60. The molecule has 0 fully saturated rings. The summed E-state index contributed by atoms with van der Waals surface area (Å²) < 4.78 is 0. The Kier molecular flexibility index (Phi) is 3.23. The van der Waals surface area contributed by atoms with Crippen molar-refractivity contribution < 1.29 is 0 Å². The van der Waals surface area contributed by atoms with E-state index in [-0.39, 0.29) is 0 Å². The predicted octanol–water partition coefficient (Wildman–Crippen LogP) is 3.85. The van der Waals surface area contributed by atoms with Crippen LogP contribution in [-0.4, -0.2) is 6.54 Å². The topological polar surface area (TPSA) is 12.0 Å². The van der Waals surface area contributed by atoms with E-state index < -0.39 is 0 Å². The molecule has 0 aliphatic carbocycles. The van der Waals surface area contributed by atoms with Gasteiger partial charge >= 0.3 is 0 Å². The highest BCUT2D eigenvalue weighted by Gasteiger charge is 2.26. The molecule has 18 heavy (non-hydrogen) atoms. The summed E-state index contributed by atoms with van der Waals surface area (Å²) in [6, 6.07) is 11.2. The van der Waals surface area contributed by atoms with E-state index in [2.05, 4.69) is 49.5 Å². The molecule has 0 amide bonds. The minimum absolute atomic E-state index is 0.402. The molecule has 0 bridgehead atoms. The second-order valence-corrected chi connectivity index (χ2v) is 6.14. The fourth-order valence-electron chi connectivity index (χ4n) is 2.97. The molecule has 1 N–H and O–H groups in total. The number of nitrogens with one attached hydrogen (secondary N) is 1. The molecule has 2 heterocycles. The maximum Gasteiger partial charge on any atom is 0.0674 e. The van der Waals surface area contributed by atoms with Gasteiger partial charge in [-0.05, 0) is 36.5 Å². The third-order valence-electron chi connectivity index (χ3n) is 3.82. The van der Waals surface area contributed by atoms with Gasteiger partial charge in [-0.1, -0.05) is 37.3 Å². The van der Waals surface area contributed by atoms with Crippen LogP contribution in [0.5, 0.6) is 0 Å². The van der Waals surface area contributed by atoms with E-state index >= 15 is 0 Å². The van der Waals surface area contributed by atoms with Crippen LogP contribution in [0.2, 0.25) is 0 Å². The Morgan fingerprint density at radius 3 is 2.78 bits per heavy atom. The SMILES string of the molecule is CCc1c(C)sc2c1CCNC2c1ccccc1. The van der Waals surface area contributed by atoms with Crippen LogP contribution >= 0.6 is 11.3 Å². The quantitative estimate of drug-likeness (QED) is 0.861. The van der Waals surface area contributed by atoms with Crippen molar-refractivity contribution in [3.8, 4) is 0 Å². The van der Waals surface area contributed by atoms with Crippen LogP contribution in [0.25, 0.3) is 0 Å². The summed E-state index contributed by atoms with van der Waals surface area (Å²) >= 11 is 1.98. The zero-order valence-electron chi connectivity index (χ0n) is 11.0. The average molecular weight is 257 g/mol. The van der Waals surface area contributed by atoms with Gasteiger partial charge in [-0.15, -0.1) is 11.3 Å². The average Bonchev–Trinajstić information content (AvgIpc) is 2.74. The highest BCUT2D eigenvalue weighted by atomic mass is 32.1.